The predicted molar refractivity (Wildman–Crippen MR) is 226 cm³/mol. The molecule has 14 nitrogen and oxygen atoms in total. The van der Waals surface area contributed by atoms with Gasteiger partial charge < -0.3 is 34.8 Å². The summed E-state index contributed by atoms with van der Waals surface area (Å²) in [6.07, 6.45) is 4.19. The molecule has 0 spiro atoms. The Morgan fingerprint density at radius 1 is 0.881 bits per heavy atom. The number of phenolic OH excluding ortho intramolecular Hbond substituents is 1. The van der Waals surface area contributed by atoms with E-state index in [1.54, 1.807) is 23.1 Å². The van der Waals surface area contributed by atoms with E-state index in [2.05, 4.69) is 48.9 Å². The van der Waals surface area contributed by atoms with Gasteiger partial charge in [0, 0.05) is 87.0 Å². The van der Waals surface area contributed by atoms with Gasteiger partial charge in [0.2, 0.25) is 5.91 Å². The number of morpholine rings is 1. The molecule has 14 heteroatoms. The van der Waals surface area contributed by atoms with Crippen LogP contribution in [0.25, 0.3) is 22.2 Å². The minimum Gasteiger partial charge on any atom is -0.507 e. The van der Waals surface area contributed by atoms with Gasteiger partial charge in [-0.3, -0.25) is 19.8 Å². The van der Waals surface area contributed by atoms with Crippen molar-refractivity contribution < 1.29 is 24.2 Å². The molecule has 0 bridgehead atoms. The van der Waals surface area contributed by atoms with Crippen LogP contribution >= 0.6 is 0 Å². The summed E-state index contributed by atoms with van der Waals surface area (Å²) in [5.74, 6) is 0.852. The number of ether oxygens (including phenoxy) is 1. The molecule has 4 aliphatic heterocycles. The zero-order valence-corrected chi connectivity index (χ0v) is 33.4. The van der Waals surface area contributed by atoms with Crippen molar-refractivity contribution in [3.8, 4) is 17.0 Å². The Morgan fingerprint density at radius 3 is 2.42 bits per heavy atom. The molecular formula is C45H51N9O5. The number of nitrogens with one attached hydrogen (secondary N) is 1. The third-order valence-electron chi connectivity index (χ3n) is 12.7. The van der Waals surface area contributed by atoms with Crippen molar-refractivity contribution in [2.24, 2.45) is 5.92 Å². The molecule has 4 saturated heterocycles. The second-order valence-corrected chi connectivity index (χ2v) is 16.3. The number of carbonyl (C=O) groups is 3. The Morgan fingerprint density at radius 2 is 1.66 bits per heavy atom. The van der Waals surface area contributed by atoms with E-state index in [-0.39, 0.29) is 29.7 Å². The minimum absolute atomic E-state index is 0.0706. The number of hydrogen-bond donors (Lipinski definition) is 3. The summed E-state index contributed by atoms with van der Waals surface area (Å²) < 4.78 is 8.62. The van der Waals surface area contributed by atoms with Gasteiger partial charge in [0.1, 0.15) is 11.9 Å². The van der Waals surface area contributed by atoms with E-state index in [1.165, 1.54) is 5.69 Å². The molecule has 0 aliphatic carbocycles. The number of carbonyl (C=O) groups excluding carboxylic acids is 3. The number of benzene rings is 3. The van der Waals surface area contributed by atoms with Crippen molar-refractivity contribution in [2.45, 2.75) is 51.2 Å². The molecule has 4 fully saturated rings. The smallest absolute Gasteiger partial charge is 0.328 e. The standard InChI is InChI=1S/C45H51N9O5/c1-29-25-35-37(53-22-17-42(56)47-45(53)58)6-4-7-38(35)54(29)33-15-18-50(19-16-33)27-30-13-20-51(21-14-30)44(57)32-11-9-31(10-12-32)41-28-52(23-24-59-41)39-26-36(48-49-43(39)46)34-5-2-3-8-40(34)55/h2-12,25-26,30,33,41,55H,13-24,27-28H2,1H3,(H2,46,49)(H,47,56,58)/t41-/m0/s1. The van der Waals surface area contributed by atoms with Crippen molar-refractivity contribution in [1.29, 1.82) is 0 Å². The Bertz CT molecular complexity index is 2370. The number of nitrogen functional groups attached to an aromatic ring is 1. The fourth-order valence-corrected chi connectivity index (χ4v) is 9.48. The van der Waals surface area contributed by atoms with Gasteiger partial charge in [-0.05, 0) is 92.6 Å². The van der Waals surface area contributed by atoms with E-state index < -0.39 is 0 Å². The number of anilines is 3. The Kier molecular flexibility index (Phi) is 10.7. The molecule has 2 aromatic heterocycles. The minimum atomic E-state index is -0.356. The van der Waals surface area contributed by atoms with Gasteiger partial charge in [0.05, 0.1) is 29.2 Å². The van der Waals surface area contributed by atoms with E-state index in [4.69, 9.17) is 10.5 Å². The van der Waals surface area contributed by atoms with E-state index in [0.29, 0.717) is 67.3 Å². The van der Waals surface area contributed by atoms with Gasteiger partial charge in [-0.25, -0.2) is 4.79 Å². The molecular weight excluding hydrogens is 747 g/mol. The van der Waals surface area contributed by atoms with Crippen LogP contribution in [0.15, 0.2) is 78.9 Å². The van der Waals surface area contributed by atoms with Gasteiger partial charge in [0.15, 0.2) is 5.82 Å². The molecule has 59 heavy (non-hydrogen) atoms. The highest BCUT2D eigenvalue weighted by molar-refractivity contribution is 6.09. The van der Waals surface area contributed by atoms with Crippen molar-refractivity contribution in [3.63, 3.8) is 0 Å². The maximum Gasteiger partial charge on any atom is 0.328 e. The Labute approximate surface area is 343 Å². The molecule has 0 radical (unpaired) electrons. The number of aromatic hydroxyl groups is 1. The zero-order valence-electron chi connectivity index (χ0n) is 33.4. The summed E-state index contributed by atoms with van der Waals surface area (Å²) in [6, 6.07) is 25.0. The molecule has 306 valence electrons. The van der Waals surface area contributed by atoms with Crippen molar-refractivity contribution in [3.05, 3.63) is 95.7 Å². The molecule has 9 rings (SSSR count). The van der Waals surface area contributed by atoms with Gasteiger partial charge >= 0.3 is 6.03 Å². The Hall–Kier alpha value is -5.99. The summed E-state index contributed by atoms with van der Waals surface area (Å²) in [6.45, 7) is 8.85. The first-order valence-corrected chi connectivity index (χ1v) is 20.8. The zero-order chi connectivity index (χ0) is 40.6. The van der Waals surface area contributed by atoms with Crippen LogP contribution < -0.4 is 20.9 Å². The van der Waals surface area contributed by atoms with Crippen LogP contribution in [0.5, 0.6) is 5.75 Å². The fourth-order valence-electron chi connectivity index (χ4n) is 9.48. The quantitative estimate of drug-likeness (QED) is 0.172. The third kappa shape index (κ3) is 7.82. The number of imide groups is 1. The first-order valence-electron chi connectivity index (χ1n) is 20.8. The molecule has 4 aliphatic rings. The molecule has 3 aromatic carbocycles. The first kappa shape index (κ1) is 38.5. The number of nitrogens with two attached hydrogens (primary N) is 1. The number of amides is 4. The molecule has 6 heterocycles. The van der Waals surface area contributed by atoms with Gasteiger partial charge in [0.25, 0.3) is 5.91 Å². The number of fused-ring (bicyclic) bond motifs is 1. The first-order chi connectivity index (χ1) is 28.7. The molecule has 0 unspecified atom stereocenters. The summed E-state index contributed by atoms with van der Waals surface area (Å²) in [5.41, 5.74) is 13.0. The van der Waals surface area contributed by atoms with Crippen LogP contribution in [-0.4, -0.2) is 106 Å². The van der Waals surface area contributed by atoms with E-state index in [1.807, 2.05) is 53.4 Å². The van der Waals surface area contributed by atoms with E-state index in [9.17, 15) is 19.5 Å². The maximum atomic E-state index is 13.6. The number of likely N-dealkylation sites (tertiary alicyclic amines) is 2. The van der Waals surface area contributed by atoms with Crippen LogP contribution in [0.1, 0.15) is 65.9 Å². The van der Waals surface area contributed by atoms with Crippen LogP contribution in [0.4, 0.5) is 22.0 Å². The number of nitrogens with zero attached hydrogens (tertiary/aromatic N) is 7. The summed E-state index contributed by atoms with van der Waals surface area (Å²) >= 11 is 0. The average Bonchev–Trinajstić information content (AvgIpc) is 3.60. The van der Waals surface area contributed by atoms with Gasteiger partial charge in [-0.15, -0.1) is 10.2 Å². The number of phenols is 1. The highest BCUT2D eigenvalue weighted by Gasteiger charge is 2.31. The fraction of sp³-hybridized carbons (Fsp3) is 0.400. The van der Waals surface area contributed by atoms with Crippen molar-refractivity contribution in [2.75, 3.05) is 74.5 Å². The SMILES string of the molecule is Cc1cc2c(N3CCC(=O)NC3=O)cccc2n1C1CCN(CC2CCN(C(=O)c3ccc([C@@H]4CN(c5cc(-c6ccccc6O)nnc5N)CCO4)cc3)CC2)CC1. The summed E-state index contributed by atoms with van der Waals surface area (Å²) in [4.78, 5) is 46.5. The number of aromatic nitrogens is 3. The number of urea groups is 1. The normalized spacial score (nSPS) is 20.0. The largest absolute Gasteiger partial charge is 0.507 e. The topological polar surface area (TPSA) is 162 Å². The molecule has 0 saturated carbocycles. The van der Waals surface area contributed by atoms with Crippen molar-refractivity contribution >= 4 is 45.9 Å². The maximum absolute atomic E-state index is 13.6. The van der Waals surface area contributed by atoms with E-state index in [0.717, 1.165) is 86.2 Å². The number of piperidine rings is 2. The highest BCUT2D eigenvalue weighted by atomic mass is 16.5. The lowest BCUT2D eigenvalue weighted by Crippen LogP contribution is -2.49. The lowest BCUT2D eigenvalue weighted by Gasteiger charge is -2.38. The van der Waals surface area contributed by atoms with Crippen LogP contribution in [0.2, 0.25) is 0 Å². The predicted octanol–water partition coefficient (Wildman–Crippen LogP) is 5.91. The van der Waals surface area contributed by atoms with E-state index >= 15 is 0 Å². The van der Waals surface area contributed by atoms with Crippen LogP contribution in [0, 0.1) is 12.8 Å². The van der Waals surface area contributed by atoms with Gasteiger partial charge in [-0.2, -0.15) is 0 Å². The average molecular weight is 798 g/mol. The number of rotatable bonds is 8. The van der Waals surface area contributed by atoms with Crippen LogP contribution in [-0.2, 0) is 9.53 Å². The molecule has 5 aromatic rings. The lowest BCUT2D eigenvalue weighted by molar-refractivity contribution is -0.120. The number of hydrogen-bond acceptors (Lipinski definition) is 10. The second kappa shape index (κ2) is 16.3. The van der Waals surface area contributed by atoms with Gasteiger partial charge in [-0.1, -0.05) is 30.3 Å². The third-order valence-corrected chi connectivity index (χ3v) is 12.7. The highest BCUT2D eigenvalue weighted by Crippen LogP contribution is 2.37. The molecule has 4 N–H and O–H groups in total. The molecule has 4 amide bonds. The Balaban J connectivity index is 0.763. The second-order valence-electron chi connectivity index (χ2n) is 16.3. The monoisotopic (exact) mass is 797 g/mol. The number of aryl methyl sites for hydroxylation is 1. The van der Waals surface area contributed by atoms with Crippen molar-refractivity contribution in [1.82, 2.24) is 29.9 Å². The molecule has 1 atom stereocenters. The summed E-state index contributed by atoms with van der Waals surface area (Å²) in [5, 5.41) is 22.3. The summed E-state index contributed by atoms with van der Waals surface area (Å²) in [7, 11) is 0. The lowest BCUT2D eigenvalue weighted by atomic mass is 9.94. The van der Waals surface area contributed by atoms with Crippen LogP contribution in [0.3, 0.4) is 0 Å². The number of para-hydroxylation sites is 1.